The quantitative estimate of drug-likeness (QED) is 0.346. The Kier molecular flexibility index (Phi) is 4.22. The minimum atomic E-state index is -0.361. The standard InChI is InChI=1S/C9H10ClNO2S/c1-7-8(11(12)13)3-2-4-9(7)14-6-5-10/h2-4H,5-6H2,1H3. The zero-order valence-corrected chi connectivity index (χ0v) is 9.27. The van der Waals surface area contributed by atoms with Crippen molar-refractivity contribution in [2.24, 2.45) is 0 Å². The van der Waals surface area contributed by atoms with Gasteiger partial charge in [0.2, 0.25) is 0 Å². The second kappa shape index (κ2) is 5.22. The maximum atomic E-state index is 10.6. The number of nitrogens with zero attached hydrogens (tertiary/aromatic N) is 1. The van der Waals surface area contributed by atoms with Crippen molar-refractivity contribution in [3.8, 4) is 0 Å². The Labute approximate surface area is 91.6 Å². The Morgan fingerprint density at radius 1 is 1.57 bits per heavy atom. The monoisotopic (exact) mass is 231 g/mol. The molecule has 0 bridgehead atoms. The van der Waals surface area contributed by atoms with Crippen LogP contribution in [-0.2, 0) is 0 Å². The lowest BCUT2D eigenvalue weighted by molar-refractivity contribution is -0.385. The van der Waals surface area contributed by atoms with Crippen LogP contribution in [0.2, 0.25) is 0 Å². The predicted octanol–water partition coefficient (Wildman–Crippen LogP) is 3.23. The normalized spacial score (nSPS) is 10.1. The third kappa shape index (κ3) is 2.62. The topological polar surface area (TPSA) is 43.1 Å². The van der Waals surface area contributed by atoms with Crippen LogP contribution in [0.25, 0.3) is 0 Å². The molecule has 0 atom stereocenters. The Hall–Kier alpha value is -0.740. The lowest BCUT2D eigenvalue weighted by Gasteiger charge is -2.03. The molecule has 0 unspecified atom stereocenters. The first-order valence-corrected chi connectivity index (χ1v) is 5.61. The van der Waals surface area contributed by atoms with Gasteiger partial charge in [-0.05, 0) is 13.0 Å². The van der Waals surface area contributed by atoms with E-state index in [1.165, 1.54) is 6.07 Å². The fraction of sp³-hybridized carbons (Fsp3) is 0.333. The van der Waals surface area contributed by atoms with Crippen molar-refractivity contribution in [3.63, 3.8) is 0 Å². The van der Waals surface area contributed by atoms with Crippen LogP contribution in [-0.4, -0.2) is 16.6 Å². The Bertz CT molecular complexity index is 344. The highest BCUT2D eigenvalue weighted by atomic mass is 35.5. The van der Waals surface area contributed by atoms with Gasteiger partial charge in [0.25, 0.3) is 5.69 Å². The minimum absolute atomic E-state index is 0.171. The summed E-state index contributed by atoms with van der Waals surface area (Å²) in [6.07, 6.45) is 0. The molecule has 0 amide bonds. The highest BCUT2D eigenvalue weighted by molar-refractivity contribution is 7.99. The molecule has 3 nitrogen and oxygen atoms in total. The number of alkyl halides is 1. The molecule has 0 saturated heterocycles. The number of hydrogen-bond donors (Lipinski definition) is 0. The largest absolute Gasteiger partial charge is 0.273 e. The van der Waals surface area contributed by atoms with E-state index in [9.17, 15) is 10.1 Å². The number of nitro benzene ring substituents is 1. The number of benzene rings is 1. The van der Waals surface area contributed by atoms with E-state index < -0.39 is 0 Å². The Morgan fingerprint density at radius 2 is 2.29 bits per heavy atom. The van der Waals surface area contributed by atoms with Crippen molar-refractivity contribution < 1.29 is 4.92 Å². The molecular weight excluding hydrogens is 222 g/mol. The number of rotatable bonds is 4. The van der Waals surface area contributed by atoms with Gasteiger partial charge >= 0.3 is 0 Å². The number of hydrogen-bond acceptors (Lipinski definition) is 3. The van der Waals surface area contributed by atoms with E-state index in [1.807, 2.05) is 6.07 Å². The van der Waals surface area contributed by atoms with Crippen LogP contribution in [0.4, 0.5) is 5.69 Å². The first-order chi connectivity index (χ1) is 6.66. The van der Waals surface area contributed by atoms with Gasteiger partial charge in [-0.3, -0.25) is 10.1 Å². The summed E-state index contributed by atoms with van der Waals surface area (Å²) in [5, 5.41) is 10.6. The number of halogens is 1. The first-order valence-electron chi connectivity index (χ1n) is 4.09. The van der Waals surface area contributed by atoms with Crippen LogP contribution in [0, 0.1) is 17.0 Å². The van der Waals surface area contributed by atoms with Gasteiger partial charge in [0.05, 0.1) is 4.92 Å². The SMILES string of the molecule is Cc1c(SCCCl)cccc1[N+](=O)[O-]. The molecule has 0 heterocycles. The molecule has 0 aliphatic rings. The highest BCUT2D eigenvalue weighted by Gasteiger charge is 2.12. The summed E-state index contributed by atoms with van der Waals surface area (Å²) in [4.78, 5) is 11.2. The van der Waals surface area contributed by atoms with E-state index in [0.717, 1.165) is 10.6 Å². The highest BCUT2D eigenvalue weighted by Crippen LogP contribution is 2.28. The lowest BCUT2D eigenvalue weighted by Crippen LogP contribution is -1.93. The van der Waals surface area contributed by atoms with Gasteiger partial charge in [-0.15, -0.1) is 23.4 Å². The molecule has 0 fully saturated rings. The minimum Gasteiger partial charge on any atom is -0.258 e. The zero-order chi connectivity index (χ0) is 10.6. The van der Waals surface area contributed by atoms with E-state index >= 15 is 0 Å². The second-order valence-electron chi connectivity index (χ2n) is 2.69. The van der Waals surface area contributed by atoms with Gasteiger partial charge in [0.15, 0.2) is 0 Å². The summed E-state index contributed by atoms with van der Waals surface area (Å²) in [6.45, 7) is 1.76. The average Bonchev–Trinajstić information content (AvgIpc) is 2.16. The van der Waals surface area contributed by atoms with Crippen LogP contribution in [0.15, 0.2) is 23.1 Å². The van der Waals surface area contributed by atoms with Crippen LogP contribution in [0.5, 0.6) is 0 Å². The fourth-order valence-electron chi connectivity index (χ4n) is 1.11. The van der Waals surface area contributed by atoms with Crippen LogP contribution in [0.1, 0.15) is 5.56 Å². The molecule has 76 valence electrons. The third-order valence-corrected chi connectivity index (χ3v) is 3.36. The zero-order valence-electron chi connectivity index (χ0n) is 7.70. The van der Waals surface area contributed by atoms with Crippen molar-refractivity contribution in [1.29, 1.82) is 0 Å². The molecule has 0 aliphatic heterocycles. The van der Waals surface area contributed by atoms with E-state index in [2.05, 4.69) is 0 Å². The molecule has 0 aromatic heterocycles. The number of thioether (sulfide) groups is 1. The molecule has 0 N–H and O–H groups in total. The fourth-order valence-corrected chi connectivity index (χ4v) is 2.13. The lowest BCUT2D eigenvalue weighted by atomic mass is 10.2. The Morgan fingerprint density at radius 3 is 2.86 bits per heavy atom. The van der Waals surface area contributed by atoms with Crippen LogP contribution in [0.3, 0.4) is 0 Å². The maximum absolute atomic E-state index is 10.6. The van der Waals surface area contributed by atoms with Gasteiger partial charge in [0.1, 0.15) is 0 Å². The Balaban J connectivity index is 2.95. The van der Waals surface area contributed by atoms with E-state index in [-0.39, 0.29) is 10.6 Å². The van der Waals surface area contributed by atoms with Gasteiger partial charge in [-0.2, -0.15) is 0 Å². The van der Waals surface area contributed by atoms with Gasteiger partial charge in [-0.25, -0.2) is 0 Å². The molecular formula is C9H10ClNO2S. The molecule has 0 spiro atoms. The molecule has 1 aromatic rings. The molecule has 0 aliphatic carbocycles. The molecule has 0 saturated carbocycles. The third-order valence-electron chi connectivity index (χ3n) is 1.79. The molecule has 5 heteroatoms. The summed E-state index contributed by atoms with van der Waals surface area (Å²) < 4.78 is 0. The van der Waals surface area contributed by atoms with Gasteiger partial charge in [0, 0.05) is 28.2 Å². The second-order valence-corrected chi connectivity index (χ2v) is 4.21. The first kappa shape index (κ1) is 11.3. The van der Waals surface area contributed by atoms with Crippen LogP contribution < -0.4 is 0 Å². The average molecular weight is 232 g/mol. The molecule has 1 aromatic carbocycles. The maximum Gasteiger partial charge on any atom is 0.273 e. The van der Waals surface area contributed by atoms with Crippen molar-refractivity contribution >= 4 is 29.1 Å². The van der Waals surface area contributed by atoms with Crippen molar-refractivity contribution in [3.05, 3.63) is 33.9 Å². The summed E-state index contributed by atoms with van der Waals surface area (Å²) in [6, 6.07) is 5.08. The summed E-state index contributed by atoms with van der Waals surface area (Å²) in [5.74, 6) is 1.32. The molecule has 14 heavy (non-hydrogen) atoms. The molecule has 1 rings (SSSR count). The van der Waals surface area contributed by atoms with Crippen LogP contribution >= 0.6 is 23.4 Å². The van der Waals surface area contributed by atoms with E-state index in [1.54, 1.807) is 24.8 Å². The summed E-state index contributed by atoms with van der Waals surface area (Å²) in [5.41, 5.74) is 0.886. The predicted molar refractivity (Wildman–Crippen MR) is 59.3 cm³/mol. The summed E-state index contributed by atoms with van der Waals surface area (Å²) in [7, 11) is 0. The number of nitro groups is 1. The van der Waals surface area contributed by atoms with E-state index in [0.29, 0.717) is 11.4 Å². The smallest absolute Gasteiger partial charge is 0.258 e. The van der Waals surface area contributed by atoms with Crippen molar-refractivity contribution in [2.75, 3.05) is 11.6 Å². The van der Waals surface area contributed by atoms with Gasteiger partial charge in [-0.1, -0.05) is 6.07 Å². The van der Waals surface area contributed by atoms with Crippen molar-refractivity contribution in [1.82, 2.24) is 0 Å². The summed E-state index contributed by atoms with van der Waals surface area (Å²) >= 11 is 7.09. The molecule has 0 radical (unpaired) electrons. The van der Waals surface area contributed by atoms with Crippen molar-refractivity contribution in [2.45, 2.75) is 11.8 Å². The van der Waals surface area contributed by atoms with Gasteiger partial charge < -0.3 is 0 Å². The van der Waals surface area contributed by atoms with E-state index in [4.69, 9.17) is 11.6 Å².